The summed E-state index contributed by atoms with van der Waals surface area (Å²) in [6.45, 7) is 1.38. The molecule has 5 heteroatoms. The van der Waals surface area contributed by atoms with E-state index < -0.39 is 0 Å². The number of nitrogens with one attached hydrogen (secondary N) is 2. The zero-order valence-electron chi connectivity index (χ0n) is 11.1. The van der Waals surface area contributed by atoms with Crippen LogP contribution in [0.1, 0.15) is 12.0 Å². The lowest BCUT2D eigenvalue weighted by Crippen LogP contribution is -2.39. The van der Waals surface area contributed by atoms with Crippen LogP contribution in [0.4, 0.5) is 5.69 Å². The van der Waals surface area contributed by atoms with Crippen LogP contribution < -0.4 is 15.5 Å². The molecule has 1 heterocycles. The molecule has 0 fully saturated rings. The van der Waals surface area contributed by atoms with Crippen LogP contribution in [0.3, 0.4) is 0 Å². The predicted molar refractivity (Wildman–Crippen MR) is 74.1 cm³/mol. The van der Waals surface area contributed by atoms with Crippen LogP contribution in [0.15, 0.2) is 24.3 Å². The smallest absolute Gasteiger partial charge is 0.246 e. The zero-order chi connectivity index (χ0) is 13.7. The van der Waals surface area contributed by atoms with Crippen molar-refractivity contribution >= 4 is 17.5 Å². The maximum absolute atomic E-state index is 12.1. The first-order chi connectivity index (χ1) is 9.22. The summed E-state index contributed by atoms with van der Waals surface area (Å²) in [4.78, 5) is 25.3. The fraction of sp³-hybridized carbons (Fsp3) is 0.429. The van der Waals surface area contributed by atoms with Crippen LogP contribution in [0.5, 0.6) is 0 Å². The molecule has 1 aromatic carbocycles. The Hall–Kier alpha value is -1.88. The summed E-state index contributed by atoms with van der Waals surface area (Å²) in [5, 5.41) is 5.55. The Morgan fingerprint density at radius 2 is 2.11 bits per heavy atom. The van der Waals surface area contributed by atoms with Crippen molar-refractivity contribution in [2.45, 2.75) is 12.8 Å². The molecule has 0 atom stereocenters. The third-order valence-electron chi connectivity index (χ3n) is 3.23. The van der Waals surface area contributed by atoms with Crippen LogP contribution in [-0.4, -0.2) is 38.5 Å². The predicted octanol–water partition coefficient (Wildman–Crippen LogP) is 0.301. The Bertz CT molecular complexity index is 474. The maximum atomic E-state index is 12.1. The van der Waals surface area contributed by atoms with E-state index in [1.54, 1.807) is 11.9 Å². The van der Waals surface area contributed by atoms with Crippen LogP contribution in [0.25, 0.3) is 0 Å². The van der Waals surface area contributed by atoms with Crippen LogP contribution in [0, 0.1) is 0 Å². The number of fused-ring (bicyclic) bond motifs is 1. The summed E-state index contributed by atoms with van der Waals surface area (Å²) in [6.07, 6.45) is 1.27. The van der Waals surface area contributed by atoms with Crippen molar-refractivity contribution in [1.29, 1.82) is 0 Å². The largest absolute Gasteiger partial charge is 0.347 e. The number of carbonyl (C=O) groups excluding carboxylic acids is 2. The van der Waals surface area contributed by atoms with E-state index in [4.69, 9.17) is 0 Å². The van der Waals surface area contributed by atoms with Crippen LogP contribution >= 0.6 is 0 Å². The number of anilines is 1. The number of rotatable bonds is 5. The fourth-order valence-corrected chi connectivity index (χ4v) is 2.19. The zero-order valence-corrected chi connectivity index (χ0v) is 11.1. The first-order valence-corrected chi connectivity index (χ1v) is 6.52. The van der Waals surface area contributed by atoms with E-state index in [1.807, 2.05) is 24.3 Å². The maximum Gasteiger partial charge on any atom is 0.246 e. The molecule has 0 radical (unpaired) electrons. The highest BCUT2D eigenvalue weighted by atomic mass is 16.2. The normalized spacial score (nSPS) is 13.2. The van der Waals surface area contributed by atoms with Gasteiger partial charge in [0.1, 0.15) is 0 Å². The molecule has 0 aliphatic carbocycles. The van der Waals surface area contributed by atoms with Gasteiger partial charge in [0.2, 0.25) is 11.8 Å². The Morgan fingerprint density at radius 3 is 2.89 bits per heavy atom. The summed E-state index contributed by atoms with van der Waals surface area (Å²) >= 11 is 0. The van der Waals surface area contributed by atoms with Crippen LogP contribution in [-0.2, 0) is 16.0 Å². The van der Waals surface area contributed by atoms with Crippen molar-refractivity contribution in [3.05, 3.63) is 29.8 Å². The van der Waals surface area contributed by atoms with E-state index in [0.717, 1.165) is 12.1 Å². The molecule has 0 spiro atoms. The Labute approximate surface area is 113 Å². The first kappa shape index (κ1) is 13.5. The molecule has 0 saturated carbocycles. The van der Waals surface area contributed by atoms with Gasteiger partial charge in [0.25, 0.3) is 0 Å². The second kappa shape index (κ2) is 6.33. The Kier molecular flexibility index (Phi) is 4.52. The molecular formula is C14H19N3O2. The molecule has 102 valence electrons. The first-order valence-electron chi connectivity index (χ1n) is 6.52. The minimum Gasteiger partial charge on any atom is -0.347 e. The average molecular weight is 261 g/mol. The minimum absolute atomic E-state index is 0.0530. The third-order valence-corrected chi connectivity index (χ3v) is 3.23. The number of para-hydroxylation sites is 1. The van der Waals surface area contributed by atoms with Crippen molar-refractivity contribution in [1.82, 2.24) is 10.6 Å². The van der Waals surface area contributed by atoms with E-state index in [1.165, 1.54) is 5.56 Å². The summed E-state index contributed by atoms with van der Waals surface area (Å²) in [7, 11) is 1.79. The van der Waals surface area contributed by atoms with Gasteiger partial charge in [-0.3, -0.25) is 9.59 Å². The highest BCUT2D eigenvalue weighted by Crippen LogP contribution is 2.27. The van der Waals surface area contributed by atoms with Gasteiger partial charge >= 0.3 is 0 Å². The third kappa shape index (κ3) is 3.32. The second-order valence-electron chi connectivity index (χ2n) is 4.55. The SMILES string of the molecule is CNCCC(=O)NCC(=O)N1CCc2ccccc21. The molecule has 2 rings (SSSR count). The van der Waals surface area contributed by atoms with Gasteiger partial charge in [-0.1, -0.05) is 18.2 Å². The number of hydrogen-bond acceptors (Lipinski definition) is 3. The topological polar surface area (TPSA) is 61.4 Å². The molecule has 2 N–H and O–H groups in total. The molecule has 0 bridgehead atoms. The summed E-state index contributed by atoms with van der Waals surface area (Å²) < 4.78 is 0. The van der Waals surface area contributed by atoms with Gasteiger partial charge in [0, 0.05) is 25.2 Å². The van der Waals surface area contributed by atoms with E-state index >= 15 is 0 Å². The molecule has 0 aromatic heterocycles. The molecule has 19 heavy (non-hydrogen) atoms. The fourth-order valence-electron chi connectivity index (χ4n) is 2.19. The highest BCUT2D eigenvalue weighted by molar-refractivity contribution is 5.98. The standard InChI is InChI=1S/C14H19N3O2/c1-15-8-6-13(18)16-10-14(19)17-9-7-11-4-2-3-5-12(11)17/h2-5,15H,6-10H2,1H3,(H,16,18). The number of amides is 2. The van der Waals surface area contributed by atoms with E-state index in [9.17, 15) is 9.59 Å². The molecule has 1 aromatic rings. The number of nitrogens with zero attached hydrogens (tertiary/aromatic N) is 1. The summed E-state index contributed by atoms with van der Waals surface area (Å²) in [5.41, 5.74) is 2.16. The van der Waals surface area contributed by atoms with Crippen molar-refractivity contribution in [3.8, 4) is 0 Å². The summed E-state index contributed by atoms with van der Waals surface area (Å²) in [6, 6.07) is 7.89. The lowest BCUT2D eigenvalue weighted by molar-refractivity contribution is -0.124. The van der Waals surface area contributed by atoms with Crippen molar-refractivity contribution in [2.24, 2.45) is 0 Å². The molecule has 1 aliphatic heterocycles. The molecule has 1 aliphatic rings. The van der Waals surface area contributed by atoms with Gasteiger partial charge in [-0.05, 0) is 25.1 Å². The molecule has 0 saturated heterocycles. The number of benzene rings is 1. The van der Waals surface area contributed by atoms with Gasteiger partial charge in [-0.15, -0.1) is 0 Å². The van der Waals surface area contributed by atoms with Gasteiger partial charge < -0.3 is 15.5 Å². The monoisotopic (exact) mass is 261 g/mol. The quantitative estimate of drug-likeness (QED) is 0.801. The average Bonchev–Trinajstić information content (AvgIpc) is 2.86. The Morgan fingerprint density at radius 1 is 1.32 bits per heavy atom. The van der Waals surface area contributed by atoms with E-state index in [0.29, 0.717) is 19.5 Å². The van der Waals surface area contributed by atoms with Crippen molar-refractivity contribution in [3.63, 3.8) is 0 Å². The lowest BCUT2D eigenvalue weighted by Gasteiger charge is -2.17. The van der Waals surface area contributed by atoms with Crippen LogP contribution in [0.2, 0.25) is 0 Å². The highest BCUT2D eigenvalue weighted by Gasteiger charge is 2.23. The number of hydrogen-bond donors (Lipinski definition) is 2. The molecule has 0 unspecified atom stereocenters. The molecule has 2 amide bonds. The van der Waals surface area contributed by atoms with Gasteiger partial charge in [0.05, 0.1) is 6.54 Å². The summed E-state index contributed by atoms with van der Waals surface area (Å²) in [5.74, 6) is -0.155. The van der Waals surface area contributed by atoms with Gasteiger partial charge in [-0.2, -0.15) is 0 Å². The number of carbonyl (C=O) groups is 2. The Balaban J connectivity index is 1.87. The second-order valence-corrected chi connectivity index (χ2v) is 4.55. The lowest BCUT2D eigenvalue weighted by atomic mass is 10.2. The van der Waals surface area contributed by atoms with Gasteiger partial charge in [0.15, 0.2) is 0 Å². The van der Waals surface area contributed by atoms with Crippen molar-refractivity contribution < 1.29 is 9.59 Å². The van der Waals surface area contributed by atoms with E-state index in [2.05, 4.69) is 10.6 Å². The van der Waals surface area contributed by atoms with Crippen molar-refractivity contribution in [2.75, 3.05) is 31.6 Å². The molecule has 5 nitrogen and oxygen atoms in total. The van der Waals surface area contributed by atoms with Gasteiger partial charge in [-0.25, -0.2) is 0 Å². The molecular weight excluding hydrogens is 242 g/mol. The van der Waals surface area contributed by atoms with E-state index in [-0.39, 0.29) is 18.4 Å². The minimum atomic E-state index is -0.102.